The summed E-state index contributed by atoms with van der Waals surface area (Å²) >= 11 is 4.24. The Hall–Kier alpha value is -2.98. The van der Waals surface area contributed by atoms with E-state index in [2.05, 4.69) is 20.3 Å². The first kappa shape index (κ1) is 24.2. The molecule has 0 bridgehead atoms. The first-order chi connectivity index (χ1) is 16.0. The van der Waals surface area contributed by atoms with Crippen LogP contribution in [0.4, 0.5) is 10.1 Å². The lowest BCUT2D eigenvalue weighted by molar-refractivity contribution is 0.0687. The molecular formula is C24H22ClFN4O3S. The maximum Gasteiger partial charge on any atom is 0.186 e. The maximum absolute atomic E-state index is 14.5. The van der Waals surface area contributed by atoms with Gasteiger partial charge in [0.15, 0.2) is 16.9 Å². The highest BCUT2D eigenvalue weighted by molar-refractivity contribution is 7.79. The molecule has 0 radical (unpaired) electrons. The van der Waals surface area contributed by atoms with Crippen LogP contribution in [0.25, 0.3) is 22.0 Å². The van der Waals surface area contributed by atoms with E-state index in [1.165, 1.54) is 24.4 Å². The van der Waals surface area contributed by atoms with Crippen LogP contribution in [0.15, 0.2) is 59.9 Å². The zero-order valence-corrected chi connectivity index (χ0v) is 20.2. The highest BCUT2D eigenvalue weighted by atomic mass is 35.5. The van der Waals surface area contributed by atoms with Gasteiger partial charge in [-0.3, -0.25) is 4.98 Å². The molecule has 4 aromatic rings. The van der Waals surface area contributed by atoms with Gasteiger partial charge in [-0.2, -0.15) is 0 Å². The molecule has 7 nitrogen and oxygen atoms in total. The van der Waals surface area contributed by atoms with E-state index in [4.69, 9.17) is 11.6 Å². The van der Waals surface area contributed by atoms with Gasteiger partial charge in [-0.15, -0.1) is 0 Å². The van der Waals surface area contributed by atoms with Crippen LogP contribution in [0.1, 0.15) is 38.2 Å². The Morgan fingerprint density at radius 1 is 1.06 bits per heavy atom. The van der Waals surface area contributed by atoms with Gasteiger partial charge in [-0.1, -0.05) is 17.7 Å². The van der Waals surface area contributed by atoms with Crippen LogP contribution in [-0.2, 0) is 16.7 Å². The number of nitrogens with one attached hydrogen (secondary N) is 1. The number of halogens is 2. The fourth-order valence-electron chi connectivity index (χ4n) is 3.54. The van der Waals surface area contributed by atoms with Gasteiger partial charge < -0.3 is 15.0 Å². The van der Waals surface area contributed by atoms with Crippen LogP contribution in [0.5, 0.6) is 0 Å². The van der Waals surface area contributed by atoms with E-state index in [9.17, 15) is 18.3 Å². The second-order valence-corrected chi connectivity index (χ2v) is 9.74. The van der Waals surface area contributed by atoms with Gasteiger partial charge in [0.25, 0.3) is 0 Å². The van der Waals surface area contributed by atoms with Crippen molar-refractivity contribution < 1.29 is 18.3 Å². The highest BCUT2D eigenvalue weighted by Crippen LogP contribution is 2.35. The van der Waals surface area contributed by atoms with Gasteiger partial charge >= 0.3 is 0 Å². The van der Waals surface area contributed by atoms with Crippen molar-refractivity contribution in [1.82, 2.24) is 15.0 Å². The molecule has 0 saturated carbocycles. The molecule has 2 aromatic carbocycles. The highest BCUT2D eigenvalue weighted by Gasteiger charge is 2.20. The molecule has 10 heteroatoms. The van der Waals surface area contributed by atoms with Crippen molar-refractivity contribution in [2.45, 2.75) is 37.3 Å². The normalized spacial score (nSPS) is 13.6. The number of hydrogen-bond donors (Lipinski definition) is 3. The number of hydrogen-bond acceptors (Lipinski definition) is 6. The number of aromatic nitrogens is 3. The summed E-state index contributed by atoms with van der Waals surface area (Å²) in [6.45, 7) is 4.96. The van der Waals surface area contributed by atoms with Crippen LogP contribution >= 0.6 is 11.6 Å². The van der Waals surface area contributed by atoms with E-state index in [-0.39, 0.29) is 10.5 Å². The molecule has 0 amide bonds. The molecule has 0 saturated heterocycles. The molecule has 2 unspecified atom stereocenters. The van der Waals surface area contributed by atoms with Crippen LogP contribution in [0, 0.1) is 5.82 Å². The van der Waals surface area contributed by atoms with Crippen molar-refractivity contribution in [2.75, 3.05) is 5.32 Å². The van der Waals surface area contributed by atoms with Crippen LogP contribution in [-0.4, -0.2) is 28.8 Å². The van der Waals surface area contributed by atoms with Gasteiger partial charge in [0, 0.05) is 35.1 Å². The number of rotatable bonds is 6. The SMILES string of the molecule is CC(Nc1c(Cl)cnc2ccc(-c3cnc(C(C)(C)O)nc3)cc12)c1cc(S(=O)O)ccc1F. The van der Waals surface area contributed by atoms with E-state index in [1.807, 2.05) is 18.2 Å². The lowest BCUT2D eigenvalue weighted by Crippen LogP contribution is -2.19. The first-order valence-corrected chi connectivity index (χ1v) is 11.8. The van der Waals surface area contributed by atoms with E-state index >= 15 is 0 Å². The molecule has 176 valence electrons. The van der Waals surface area contributed by atoms with Crippen molar-refractivity contribution in [3.8, 4) is 11.1 Å². The Kier molecular flexibility index (Phi) is 6.64. The maximum atomic E-state index is 14.5. The van der Waals surface area contributed by atoms with E-state index < -0.39 is 28.5 Å². The van der Waals surface area contributed by atoms with Gasteiger partial charge in [0.05, 0.1) is 27.2 Å². The second kappa shape index (κ2) is 9.34. The molecule has 4 rings (SSSR count). The summed E-state index contributed by atoms with van der Waals surface area (Å²) in [5.41, 5.74) is 1.83. The minimum Gasteiger partial charge on any atom is -0.382 e. The Bertz CT molecular complexity index is 1390. The Morgan fingerprint density at radius 2 is 1.76 bits per heavy atom. The van der Waals surface area contributed by atoms with Crippen LogP contribution in [0.2, 0.25) is 5.02 Å². The van der Waals surface area contributed by atoms with Gasteiger partial charge in [-0.25, -0.2) is 18.6 Å². The molecule has 34 heavy (non-hydrogen) atoms. The summed E-state index contributed by atoms with van der Waals surface area (Å²) < 4.78 is 35.3. The van der Waals surface area contributed by atoms with Crippen molar-refractivity contribution >= 4 is 39.3 Å². The lowest BCUT2D eigenvalue weighted by atomic mass is 10.0. The molecular weight excluding hydrogens is 479 g/mol. The molecule has 2 atom stereocenters. The molecule has 3 N–H and O–H groups in total. The standard InChI is InChI=1S/C24H22ClFN4O3S/c1-13(17-9-16(34(32)33)5-6-20(17)26)30-22-18-8-14(4-7-21(18)27-12-19(22)25)15-10-28-23(29-11-15)24(2,3)31/h4-13,31H,1-3H3,(H,27,30)(H,32,33). The van der Waals surface area contributed by atoms with E-state index in [0.717, 1.165) is 11.1 Å². The van der Waals surface area contributed by atoms with E-state index in [1.54, 1.807) is 33.2 Å². The number of pyridine rings is 1. The van der Waals surface area contributed by atoms with Gasteiger partial charge in [-0.05, 0) is 56.7 Å². The predicted molar refractivity (Wildman–Crippen MR) is 130 cm³/mol. The predicted octanol–water partition coefficient (Wildman–Crippen LogP) is 5.47. The summed E-state index contributed by atoms with van der Waals surface area (Å²) in [4.78, 5) is 13.0. The summed E-state index contributed by atoms with van der Waals surface area (Å²) in [7, 11) is 0. The van der Waals surface area contributed by atoms with Crippen molar-refractivity contribution in [2.24, 2.45) is 0 Å². The van der Waals surface area contributed by atoms with Crippen LogP contribution in [0.3, 0.4) is 0 Å². The molecule has 0 aliphatic heterocycles. The van der Waals surface area contributed by atoms with Crippen molar-refractivity contribution in [3.63, 3.8) is 0 Å². The Morgan fingerprint density at radius 3 is 2.41 bits per heavy atom. The number of benzene rings is 2. The Labute approximate surface area is 203 Å². The molecule has 0 spiro atoms. The zero-order valence-electron chi connectivity index (χ0n) is 18.6. The first-order valence-electron chi connectivity index (χ1n) is 10.3. The molecule has 2 aromatic heterocycles. The summed E-state index contributed by atoms with van der Waals surface area (Å²) in [5.74, 6) is -0.195. The monoisotopic (exact) mass is 500 g/mol. The molecule has 0 aliphatic rings. The average molecular weight is 501 g/mol. The third-order valence-electron chi connectivity index (χ3n) is 5.35. The fraction of sp³-hybridized carbons (Fsp3) is 0.208. The van der Waals surface area contributed by atoms with Crippen molar-refractivity contribution in [1.29, 1.82) is 0 Å². The number of fused-ring (bicyclic) bond motifs is 1. The minimum atomic E-state index is -2.23. The average Bonchev–Trinajstić information content (AvgIpc) is 2.80. The summed E-state index contributed by atoms with van der Waals surface area (Å²) in [6, 6.07) is 8.81. The number of aliphatic hydroxyl groups is 1. The third-order valence-corrected chi connectivity index (χ3v) is 6.29. The smallest absolute Gasteiger partial charge is 0.186 e. The molecule has 0 aliphatic carbocycles. The third kappa shape index (κ3) is 4.92. The number of nitrogens with zero attached hydrogens (tertiary/aromatic N) is 3. The topological polar surface area (TPSA) is 108 Å². The van der Waals surface area contributed by atoms with Gasteiger partial charge in [0.1, 0.15) is 11.4 Å². The molecule has 2 heterocycles. The summed E-state index contributed by atoms with van der Waals surface area (Å²) in [5, 5.41) is 14.4. The number of anilines is 1. The van der Waals surface area contributed by atoms with E-state index in [0.29, 0.717) is 27.4 Å². The van der Waals surface area contributed by atoms with Crippen molar-refractivity contribution in [3.05, 3.63) is 77.2 Å². The minimum absolute atomic E-state index is 0.104. The lowest BCUT2D eigenvalue weighted by Gasteiger charge is -2.20. The fourth-order valence-corrected chi connectivity index (χ4v) is 4.16. The second-order valence-electron chi connectivity index (χ2n) is 8.37. The summed E-state index contributed by atoms with van der Waals surface area (Å²) in [6.07, 6.45) is 4.77. The van der Waals surface area contributed by atoms with Crippen LogP contribution < -0.4 is 5.32 Å². The van der Waals surface area contributed by atoms with Gasteiger partial charge in [0.2, 0.25) is 0 Å². The quantitative estimate of drug-likeness (QED) is 0.301. The largest absolute Gasteiger partial charge is 0.382 e. The zero-order chi connectivity index (χ0) is 24.6. The Balaban J connectivity index is 1.74. The molecule has 0 fully saturated rings.